The van der Waals surface area contributed by atoms with Gasteiger partial charge in [-0.15, -0.1) is 10.2 Å². The van der Waals surface area contributed by atoms with Crippen molar-refractivity contribution in [1.82, 2.24) is 30.3 Å². The minimum atomic E-state index is 0.341. The lowest BCUT2D eigenvalue weighted by atomic mass is 10.2. The molecule has 7 heteroatoms. The summed E-state index contributed by atoms with van der Waals surface area (Å²) in [7, 11) is 1.98. The van der Waals surface area contributed by atoms with Gasteiger partial charge in [-0.25, -0.2) is 4.99 Å². The molecular formula is C22H37N7. The van der Waals surface area contributed by atoms with Crippen LogP contribution in [0.2, 0.25) is 0 Å². The van der Waals surface area contributed by atoms with Crippen LogP contribution in [-0.2, 0) is 20.1 Å². The summed E-state index contributed by atoms with van der Waals surface area (Å²) < 4.78 is 2.00. The van der Waals surface area contributed by atoms with Gasteiger partial charge in [0.25, 0.3) is 0 Å². The van der Waals surface area contributed by atoms with Crippen LogP contribution < -0.4 is 10.6 Å². The van der Waals surface area contributed by atoms with E-state index in [1.807, 2.05) is 36.7 Å². The number of rotatable bonds is 11. The monoisotopic (exact) mass is 399 g/mol. The minimum absolute atomic E-state index is 0.341. The highest BCUT2D eigenvalue weighted by molar-refractivity contribution is 5.80. The van der Waals surface area contributed by atoms with Gasteiger partial charge < -0.3 is 20.1 Å². The van der Waals surface area contributed by atoms with Crippen LogP contribution in [0.3, 0.4) is 0 Å². The first kappa shape index (κ1) is 22.9. The third-order valence-electron chi connectivity index (χ3n) is 5.25. The molecule has 0 saturated heterocycles. The molecule has 2 rings (SSSR count). The Morgan fingerprint density at radius 2 is 1.90 bits per heavy atom. The van der Waals surface area contributed by atoms with Crippen LogP contribution in [-0.4, -0.2) is 51.3 Å². The molecule has 0 amide bonds. The Hall–Kier alpha value is -2.41. The summed E-state index contributed by atoms with van der Waals surface area (Å²) in [6.45, 7) is 13.2. The zero-order chi connectivity index (χ0) is 21.1. The summed E-state index contributed by atoms with van der Waals surface area (Å²) in [5.41, 5.74) is 1.19. The van der Waals surface area contributed by atoms with E-state index < -0.39 is 0 Å². The van der Waals surface area contributed by atoms with Crippen LogP contribution in [0, 0.1) is 6.92 Å². The molecule has 7 nitrogen and oxygen atoms in total. The third-order valence-corrected chi connectivity index (χ3v) is 5.25. The highest BCUT2D eigenvalue weighted by Crippen LogP contribution is 2.03. The summed E-state index contributed by atoms with van der Waals surface area (Å²) in [5, 5.41) is 15.3. The highest BCUT2D eigenvalue weighted by Gasteiger charge is 2.10. The van der Waals surface area contributed by atoms with Crippen molar-refractivity contribution in [3.05, 3.63) is 47.5 Å². The van der Waals surface area contributed by atoms with Crippen molar-refractivity contribution in [2.75, 3.05) is 19.6 Å². The number of guanidine groups is 1. The SMILES string of the molecule is CCN(CC)CCCC(C)NC(=NCc1ccccc1)NCc1nnc(C)n1C. The van der Waals surface area contributed by atoms with Crippen LogP contribution >= 0.6 is 0 Å². The van der Waals surface area contributed by atoms with Gasteiger partial charge in [-0.2, -0.15) is 0 Å². The van der Waals surface area contributed by atoms with Gasteiger partial charge in [0, 0.05) is 13.1 Å². The molecule has 0 aliphatic heterocycles. The first-order valence-electron chi connectivity index (χ1n) is 10.7. The van der Waals surface area contributed by atoms with Crippen LogP contribution in [0.4, 0.5) is 0 Å². The molecule has 1 atom stereocenters. The summed E-state index contributed by atoms with van der Waals surface area (Å²) in [6, 6.07) is 10.7. The summed E-state index contributed by atoms with van der Waals surface area (Å²) in [5.74, 6) is 2.61. The fourth-order valence-corrected chi connectivity index (χ4v) is 3.14. The molecule has 1 unspecified atom stereocenters. The van der Waals surface area contributed by atoms with E-state index in [0.717, 1.165) is 43.7 Å². The molecule has 2 N–H and O–H groups in total. The van der Waals surface area contributed by atoms with E-state index >= 15 is 0 Å². The maximum absolute atomic E-state index is 4.79. The Bertz CT molecular complexity index is 735. The van der Waals surface area contributed by atoms with E-state index in [9.17, 15) is 0 Å². The molecule has 0 bridgehead atoms. The molecule has 0 radical (unpaired) electrons. The second-order valence-electron chi connectivity index (χ2n) is 7.44. The Morgan fingerprint density at radius 1 is 1.17 bits per heavy atom. The maximum Gasteiger partial charge on any atom is 0.192 e. The highest BCUT2D eigenvalue weighted by atomic mass is 15.3. The summed E-state index contributed by atoms with van der Waals surface area (Å²) in [6.07, 6.45) is 2.27. The van der Waals surface area contributed by atoms with Crippen molar-refractivity contribution in [3.8, 4) is 0 Å². The van der Waals surface area contributed by atoms with Crippen LogP contribution in [0.15, 0.2) is 35.3 Å². The number of hydrogen-bond acceptors (Lipinski definition) is 4. The Kier molecular flexibility index (Phi) is 9.64. The van der Waals surface area contributed by atoms with Gasteiger partial charge in [-0.3, -0.25) is 0 Å². The van der Waals surface area contributed by atoms with Crippen molar-refractivity contribution in [3.63, 3.8) is 0 Å². The molecule has 1 heterocycles. The Labute approximate surface area is 175 Å². The third kappa shape index (κ3) is 7.85. The van der Waals surface area contributed by atoms with Gasteiger partial charge in [0.1, 0.15) is 5.82 Å². The van der Waals surface area contributed by atoms with Gasteiger partial charge in [0.15, 0.2) is 11.8 Å². The average molecular weight is 400 g/mol. The standard InChI is InChI=1S/C22H37N7/c1-6-29(7-2)15-11-12-18(3)25-22(23-16-20-13-9-8-10-14-20)24-17-21-27-26-19(4)28(21)5/h8-10,13-14,18H,6-7,11-12,15-17H2,1-5H3,(H2,23,24,25). The largest absolute Gasteiger partial charge is 0.354 e. The van der Waals surface area contributed by atoms with E-state index in [1.54, 1.807) is 0 Å². The topological polar surface area (TPSA) is 70.4 Å². The van der Waals surface area contributed by atoms with E-state index in [2.05, 4.69) is 58.6 Å². The second-order valence-corrected chi connectivity index (χ2v) is 7.44. The fraction of sp³-hybridized carbons (Fsp3) is 0.591. The molecule has 0 saturated carbocycles. The predicted octanol–water partition coefficient (Wildman–Crippen LogP) is 2.87. The van der Waals surface area contributed by atoms with Crippen molar-refractivity contribution in [2.45, 2.75) is 59.7 Å². The van der Waals surface area contributed by atoms with Gasteiger partial charge in [-0.1, -0.05) is 44.2 Å². The van der Waals surface area contributed by atoms with E-state index in [1.165, 1.54) is 12.0 Å². The van der Waals surface area contributed by atoms with Crippen molar-refractivity contribution in [2.24, 2.45) is 12.0 Å². The first-order chi connectivity index (χ1) is 14.0. The van der Waals surface area contributed by atoms with E-state index in [4.69, 9.17) is 4.99 Å². The molecule has 1 aromatic heterocycles. The lowest BCUT2D eigenvalue weighted by molar-refractivity contribution is 0.292. The average Bonchev–Trinajstić information content (AvgIpc) is 3.06. The van der Waals surface area contributed by atoms with Crippen molar-refractivity contribution in [1.29, 1.82) is 0 Å². The molecule has 160 valence electrons. The molecule has 0 aliphatic carbocycles. The molecule has 0 aliphatic rings. The Balaban J connectivity index is 1.94. The van der Waals surface area contributed by atoms with Gasteiger partial charge in [-0.05, 0) is 51.9 Å². The smallest absolute Gasteiger partial charge is 0.192 e. The molecule has 0 fully saturated rings. The minimum Gasteiger partial charge on any atom is -0.354 e. The zero-order valence-electron chi connectivity index (χ0n) is 18.6. The van der Waals surface area contributed by atoms with Crippen LogP contribution in [0.25, 0.3) is 0 Å². The number of nitrogens with zero attached hydrogens (tertiary/aromatic N) is 5. The summed E-state index contributed by atoms with van der Waals surface area (Å²) >= 11 is 0. The zero-order valence-corrected chi connectivity index (χ0v) is 18.6. The van der Waals surface area contributed by atoms with E-state index in [-0.39, 0.29) is 0 Å². The van der Waals surface area contributed by atoms with Crippen molar-refractivity contribution >= 4 is 5.96 Å². The van der Waals surface area contributed by atoms with Crippen LogP contribution in [0.1, 0.15) is 50.8 Å². The maximum atomic E-state index is 4.79. The second kappa shape index (κ2) is 12.2. The predicted molar refractivity (Wildman–Crippen MR) is 120 cm³/mol. The number of aliphatic imine (C=N–C) groups is 1. The normalized spacial score (nSPS) is 13.0. The molecule has 2 aromatic rings. The molecule has 1 aromatic carbocycles. The number of nitrogens with one attached hydrogen (secondary N) is 2. The van der Waals surface area contributed by atoms with Crippen LogP contribution in [0.5, 0.6) is 0 Å². The first-order valence-corrected chi connectivity index (χ1v) is 10.7. The van der Waals surface area contributed by atoms with Gasteiger partial charge >= 0.3 is 0 Å². The molecular weight excluding hydrogens is 362 g/mol. The Morgan fingerprint density at radius 3 is 2.52 bits per heavy atom. The van der Waals surface area contributed by atoms with E-state index in [0.29, 0.717) is 19.1 Å². The lowest BCUT2D eigenvalue weighted by Gasteiger charge is -2.21. The molecule has 0 spiro atoms. The number of benzene rings is 1. The quantitative estimate of drug-likeness (QED) is 0.449. The lowest BCUT2D eigenvalue weighted by Crippen LogP contribution is -2.42. The fourth-order valence-electron chi connectivity index (χ4n) is 3.14. The number of aryl methyl sites for hydroxylation is 1. The van der Waals surface area contributed by atoms with Crippen molar-refractivity contribution < 1.29 is 0 Å². The molecule has 29 heavy (non-hydrogen) atoms. The summed E-state index contributed by atoms with van der Waals surface area (Å²) in [4.78, 5) is 7.25. The number of hydrogen-bond donors (Lipinski definition) is 2. The number of aromatic nitrogens is 3. The van der Waals surface area contributed by atoms with Gasteiger partial charge in [0.05, 0.1) is 13.1 Å². The van der Waals surface area contributed by atoms with Gasteiger partial charge in [0.2, 0.25) is 0 Å².